The van der Waals surface area contributed by atoms with Crippen molar-refractivity contribution < 1.29 is 8.85 Å². The Morgan fingerprint density at radius 1 is 1.27 bits per heavy atom. The topological polar surface area (TPSA) is 21.7 Å². The first-order valence-electron chi connectivity index (χ1n) is 6.11. The second kappa shape index (κ2) is 6.63. The Morgan fingerprint density at radius 2 is 2.07 bits per heavy atom. The van der Waals surface area contributed by atoms with Crippen molar-refractivity contribution in [2.24, 2.45) is 0 Å². The van der Waals surface area contributed by atoms with Gasteiger partial charge in [0.25, 0.3) is 0 Å². The quantitative estimate of drug-likeness (QED) is 0.680. The number of rotatable bonds is 2. The Labute approximate surface area is 95.0 Å². The molecule has 0 radical (unpaired) electrons. The lowest BCUT2D eigenvalue weighted by atomic mass is 10.2. The van der Waals surface area contributed by atoms with Gasteiger partial charge in [-0.25, -0.2) is 0 Å². The molecule has 0 aromatic heterocycles. The molecule has 90 valence electrons. The molecule has 1 atom stereocenters. The average Bonchev–Trinajstić information content (AvgIpc) is 2.26. The molecule has 0 aromatic rings. The molecular weight excluding hydrogens is 206 g/mol. The SMILES string of the molecule is CCN1CCCCC[Si](C)(OC)OCC1. The molecule has 0 aromatic carbocycles. The van der Waals surface area contributed by atoms with Crippen LogP contribution in [0.1, 0.15) is 26.2 Å². The van der Waals surface area contributed by atoms with E-state index in [-0.39, 0.29) is 0 Å². The Kier molecular flexibility index (Phi) is 5.82. The maximum Gasteiger partial charge on any atom is 0.334 e. The summed E-state index contributed by atoms with van der Waals surface area (Å²) >= 11 is 0. The smallest absolute Gasteiger partial charge is 0.334 e. The van der Waals surface area contributed by atoms with Crippen LogP contribution in [-0.4, -0.2) is 46.8 Å². The summed E-state index contributed by atoms with van der Waals surface area (Å²) in [6, 6.07) is 1.15. The van der Waals surface area contributed by atoms with E-state index in [0.29, 0.717) is 0 Å². The van der Waals surface area contributed by atoms with Crippen molar-refractivity contribution >= 4 is 8.56 Å². The summed E-state index contributed by atoms with van der Waals surface area (Å²) in [5.41, 5.74) is 0. The van der Waals surface area contributed by atoms with Crippen molar-refractivity contribution in [2.45, 2.75) is 38.8 Å². The zero-order chi connectivity index (χ0) is 11.1. The van der Waals surface area contributed by atoms with Crippen molar-refractivity contribution in [3.05, 3.63) is 0 Å². The molecule has 1 aliphatic heterocycles. The highest BCUT2D eigenvalue weighted by atomic mass is 28.4. The van der Waals surface area contributed by atoms with E-state index in [4.69, 9.17) is 8.85 Å². The van der Waals surface area contributed by atoms with Crippen molar-refractivity contribution in [3.63, 3.8) is 0 Å². The van der Waals surface area contributed by atoms with Crippen LogP contribution < -0.4 is 0 Å². The van der Waals surface area contributed by atoms with Gasteiger partial charge in [0, 0.05) is 20.3 Å². The molecule has 1 fully saturated rings. The number of hydrogen-bond acceptors (Lipinski definition) is 3. The third-order valence-corrected chi connectivity index (χ3v) is 6.24. The van der Waals surface area contributed by atoms with Crippen LogP contribution in [0.4, 0.5) is 0 Å². The van der Waals surface area contributed by atoms with Gasteiger partial charge in [-0.05, 0) is 32.1 Å². The Balaban J connectivity index is 2.43. The van der Waals surface area contributed by atoms with Crippen LogP contribution in [0.15, 0.2) is 0 Å². The van der Waals surface area contributed by atoms with Crippen molar-refractivity contribution in [3.8, 4) is 0 Å². The van der Waals surface area contributed by atoms with Gasteiger partial charge < -0.3 is 13.8 Å². The molecule has 0 amide bonds. The van der Waals surface area contributed by atoms with Gasteiger partial charge in [0.15, 0.2) is 0 Å². The predicted molar refractivity (Wildman–Crippen MR) is 65.4 cm³/mol. The van der Waals surface area contributed by atoms with E-state index in [9.17, 15) is 0 Å². The standard InChI is InChI=1S/C11H25NO2Si/c1-4-12-8-6-5-7-11-15(3,13-2)14-10-9-12/h4-11H2,1-3H3. The molecule has 1 heterocycles. The zero-order valence-corrected chi connectivity index (χ0v) is 11.4. The lowest BCUT2D eigenvalue weighted by Crippen LogP contribution is -2.41. The molecule has 1 saturated heterocycles. The minimum absolute atomic E-state index is 0.838. The average molecular weight is 231 g/mol. The minimum Gasteiger partial charge on any atom is -0.398 e. The first-order chi connectivity index (χ1) is 7.20. The molecule has 0 saturated carbocycles. The molecule has 4 heteroatoms. The summed E-state index contributed by atoms with van der Waals surface area (Å²) in [6.07, 6.45) is 3.89. The number of likely N-dealkylation sites (N-methyl/N-ethyl adjacent to an activating group) is 1. The van der Waals surface area contributed by atoms with Crippen molar-refractivity contribution in [2.75, 3.05) is 33.4 Å². The van der Waals surface area contributed by atoms with Gasteiger partial charge in [0.05, 0.1) is 0 Å². The zero-order valence-electron chi connectivity index (χ0n) is 10.4. The maximum atomic E-state index is 5.96. The van der Waals surface area contributed by atoms with Gasteiger partial charge in [-0.15, -0.1) is 0 Å². The normalized spacial score (nSPS) is 31.4. The lowest BCUT2D eigenvalue weighted by Gasteiger charge is -2.29. The third-order valence-electron chi connectivity index (χ3n) is 3.30. The molecular formula is C11H25NO2Si. The van der Waals surface area contributed by atoms with Gasteiger partial charge in [0.1, 0.15) is 0 Å². The van der Waals surface area contributed by atoms with Gasteiger partial charge in [-0.3, -0.25) is 0 Å². The predicted octanol–water partition coefficient (Wildman–Crippen LogP) is 2.23. The molecule has 0 bridgehead atoms. The fourth-order valence-corrected chi connectivity index (χ4v) is 3.89. The summed E-state index contributed by atoms with van der Waals surface area (Å²) in [4.78, 5) is 2.47. The van der Waals surface area contributed by atoms with E-state index < -0.39 is 8.56 Å². The molecule has 1 rings (SSSR count). The van der Waals surface area contributed by atoms with Crippen LogP contribution in [0.2, 0.25) is 12.6 Å². The van der Waals surface area contributed by atoms with E-state index >= 15 is 0 Å². The maximum absolute atomic E-state index is 5.96. The van der Waals surface area contributed by atoms with E-state index in [1.54, 1.807) is 7.11 Å². The second-order valence-corrected chi connectivity index (χ2v) is 7.90. The molecule has 15 heavy (non-hydrogen) atoms. The third kappa shape index (κ3) is 4.63. The summed E-state index contributed by atoms with van der Waals surface area (Å²) in [5.74, 6) is 0. The van der Waals surface area contributed by atoms with Crippen LogP contribution >= 0.6 is 0 Å². The molecule has 1 unspecified atom stereocenters. The number of nitrogens with zero attached hydrogens (tertiary/aromatic N) is 1. The van der Waals surface area contributed by atoms with E-state index in [2.05, 4.69) is 18.4 Å². The molecule has 0 spiro atoms. The van der Waals surface area contributed by atoms with Crippen LogP contribution in [0, 0.1) is 0 Å². The summed E-state index contributed by atoms with van der Waals surface area (Å²) in [5, 5.41) is 0. The Bertz CT molecular complexity index is 180. The highest BCUT2D eigenvalue weighted by Gasteiger charge is 2.29. The van der Waals surface area contributed by atoms with Crippen LogP contribution in [0.3, 0.4) is 0 Å². The van der Waals surface area contributed by atoms with Gasteiger partial charge in [0.2, 0.25) is 0 Å². The second-order valence-electron chi connectivity index (χ2n) is 4.43. The monoisotopic (exact) mass is 231 g/mol. The van der Waals surface area contributed by atoms with Crippen LogP contribution in [0.5, 0.6) is 0 Å². The summed E-state index contributed by atoms with van der Waals surface area (Å²) in [7, 11) is -0.0156. The van der Waals surface area contributed by atoms with Gasteiger partial charge >= 0.3 is 8.56 Å². The molecule has 3 nitrogen and oxygen atoms in total. The highest BCUT2D eigenvalue weighted by molar-refractivity contribution is 6.65. The van der Waals surface area contributed by atoms with Crippen LogP contribution in [-0.2, 0) is 8.85 Å². The highest BCUT2D eigenvalue weighted by Crippen LogP contribution is 2.18. The fourth-order valence-electron chi connectivity index (χ4n) is 2.01. The first-order valence-corrected chi connectivity index (χ1v) is 8.64. The van der Waals surface area contributed by atoms with Crippen molar-refractivity contribution in [1.82, 2.24) is 4.90 Å². The van der Waals surface area contributed by atoms with Gasteiger partial charge in [-0.1, -0.05) is 19.8 Å². The Hall–Kier alpha value is 0.0969. The van der Waals surface area contributed by atoms with Crippen LogP contribution in [0.25, 0.3) is 0 Å². The minimum atomic E-state index is -1.82. The molecule has 0 aliphatic carbocycles. The van der Waals surface area contributed by atoms with Gasteiger partial charge in [-0.2, -0.15) is 0 Å². The summed E-state index contributed by atoms with van der Waals surface area (Å²) < 4.78 is 11.5. The Morgan fingerprint density at radius 3 is 2.73 bits per heavy atom. The fraction of sp³-hybridized carbons (Fsp3) is 1.00. The van der Waals surface area contributed by atoms with E-state index in [1.807, 2.05) is 0 Å². The largest absolute Gasteiger partial charge is 0.398 e. The number of hydrogen-bond donors (Lipinski definition) is 0. The molecule has 1 aliphatic rings. The molecule has 0 N–H and O–H groups in total. The lowest BCUT2D eigenvalue weighted by molar-refractivity contribution is 0.159. The van der Waals surface area contributed by atoms with Crippen molar-refractivity contribution in [1.29, 1.82) is 0 Å². The van der Waals surface area contributed by atoms with E-state index in [1.165, 1.54) is 25.8 Å². The summed E-state index contributed by atoms with van der Waals surface area (Å²) in [6.45, 7) is 8.66. The first kappa shape index (κ1) is 13.2. The van der Waals surface area contributed by atoms with E-state index in [0.717, 1.165) is 25.7 Å².